The van der Waals surface area contributed by atoms with Gasteiger partial charge in [-0.3, -0.25) is 9.59 Å². The summed E-state index contributed by atoms with van der Waals surface area (Å²) in [6, 6.07) is 9.45. The lowest BCUT2D eigenvalue weighted by molar-refractivity contribution is 0.102. The molecular weight excluding hydrogens is 392 g/mol. The van der Waals surface area contributed by atoms with Gasteiger partial charge in [0.1, 0.15) is 17.8 Å². The minimum absolute atomic E-state index is 0.209. The number of rotatable bonds is 5. The van der Waals surface area contributed by atoms with Crippen LogP contribution in [-0.2, 0) is 12.5 Å². The van der Waals surface area contributed by atoms with Crippen LogP contribution in [0.5, 0.6) is 0 Å². The summed E-state index contributed by atoms with van der Waals surface area (Å²) < 4.78 is 3.64. The third kappa shape index (κ3) is 3.11. The van der Waals surface area contributed by atoms with Gasteiger partial charge in [0.05, 0.1) is 11.0 Å². The second-order valence-electron chi connectivity index (χ2n) is 8.36. The number of aromatic nitrogens is 5. The first-order valence-electron chi connectivity index (χ1n) is 10.2. The van der Waals surface area contributed by atoms with Crippen LogP contribution in [0.15, 0.2) is 55.2 Å². The van der Waals surface area contributed by atoms with E-state index >= 15 is 0 Å². The number of hydrogen-bond donors (Lipinski definition) is 1. The number of benzene rings is 1. The van der Waals surface area contributed by atoms with E-state index in [9.17, 15) is 9.59 Å². The van der Waals surface area contributed by atoms with E-state index in [1.807, 2.05) is 29.8 Å². The van der Waals surface area contributed by atoms with Gasteiger partial charge in [0.15, 0.2) is 6.29 Å². The lowest BCUT2D eigenvalue weighted by Gasteiger charge is -2.46. The average Bonchev–Trinajstić information content (AvgIpc) is 3.39. The van der Waals surface area contributed by atoms with Crippen molar-refractivity contribution >= 4 is 23.5 Å². The standard InChI is InChI=1S/C23H22N6O2/c1-15-10-23(11-15,22-27-25-14-28(22)2)17-4-3-5-18(9-17)26-21(31)19-8-16(13-30)12-29-7-6-24-20(19)29/h3-9,12-15H,10-11H2,1-2H3,(H,26,31). The highest BCUT2D eigenvalue weighted by Gasteiger charge is 2.48. The third-order valence-corrected chi connectivity index (χ3v) is 6.10. The third-order valence-electron chi connectivity index (χ3n) is 6.10. The summed E-state index contributed by atoms with van der Waals surface area (Å²) in [5.74, 6) is 1.22. The van der Waals surface area contributed by atoms with Gasteiger partial charge in [-0.1, -0.05) is 19.1 Å². The summed E-state index contributed by atoms with van der Waals surface area (Å²) in [7, 11) is 1.96. The van der Waals surface area contributed by atoms with Crippen LogP contribution in [-0.4, -0.2) is 36.3 Å². The molecule has 0 spiro atoms. The van der Waals surface area contributed by atoms with Crippen molar-refractivity contribution in [2.45, 2.75) is 25.2 Å². The minimum Gasteiger partial charge on any atom is -0.322 e. The molecule has 1 aliphatic carbocycles. The number of imidazole rings is 1. The summed E-state index contributed by atoms with van der Waals surface area (Å²) in [4.78, 5) is 28.6. The van der Waals surface area contributed by atoms with Gasteiger partial charge in [-0.2, -0.15) is 0 Å². The molecule has 0 unspecified atom stereocenters. The molecule has 0 atom stereocenters. The molecule has 1 amide bonds. The van der Waals surface area contributed by atoms with E-state index in [2.05, 4.69) is 33.5 Å². The second kappa shape index (κ2) is 7.16. The van der Waals surface area contributed by atoms with E-state index in [1.54, 1.807) is 35.4 Å². The Morgan fingerprint density at radius 3 is 2.84 bits per heavy atom. The second-order valence-corrected chi connectivity index (χ2v) is 8.36. The normalized spacial score (nSPS) is 20.4. The van der Waals surface area contributed by atoms with Gasteiger partial charge in [-0.25, -0.2) is 4.98 Å². The fraction of sp³-hybridized carbons (Fsp3) is 0.261. The van der Waals surface area contributed by atoms with Gasteiger partial charge in [-0.15, -0.1) is 10.2 Å². The summed E-state index contributed by atoms with van der Waals surface area (Å²) in [6.45, 7) is 2.23. The lowest BCUT2D eigenvalue weighted by atomic mass is 9.58. The van der Waals surface area contributed by atoms with Crippen LogP contribution in [0.25, 0.3) is 5.65 Å². The van der Waals surface area contributed by atoms with Crippen LogP contribution in [0.1, 0.15) is 51.9 Å². The first kappa shape index (κ1) is 19.2. The van der Waals surface area contributed by atoms with Crippen molar-refractivity contribution in [3.05, 3.63) is 77.8 Å². The quantitative estimate of drug-likeness (QED) is 0.506. The lowest BCUT2D eigenvalue weighted by Crippen LogP contribution is -2.43. The van der Waals surface area contributed by atoms with Crippen molar-refractivity contribution in [1.29, 1.82) is 0 Å². The molecule has 8 nitrogen and oxygen atoms in total. The monoisotopic (exact) mass is 414 g/mol. The number of nitrogens with one attached hydrogen (secondary N) is 1. The summed E-state index contributed by atoms with van der Waals surface area (Å²) in [5.41, 5.74) is 2.84. The van der Waals surface area contributed by atoms with Crippen molar-refractivity contribution in [2.24, 2.45) is 13.0 Å². The van der Waals surface area contributed by atoms with Crippen molar-refractivity contribution < 1.29 is 9.59 Å². The fourth-order valence-corrected chi connectivity index (χ4v) is 4.77. The molecule has 3 heterocycles. The zero-order chi connectivity index (χ0) is 21.6. The van der Waals surface area contributed by atoms with E-state index in [0.29, 0.717) is 28.4 Å². The molecule has 1 aliphatic rings. The molecule has 156 valence electrons. The van der Waals surface area contributed by atoms with E-state index < -0.39 is 0 Å². The Hall–Kier alpha value is -3.81. The van der Waals surface area contributed by atoms with Gasteiger partial charge in [0, 0.05) is 36.9 Å². The predicted octanol–water partition coefficient (Wildman–Crippen LogP) is 3.24. The van der Waals surface area contributed by atoms with Crippen LogP contribution < -0.4 is 5.32 Å². The molecular formula is C23H22N6O2. The highest BCUT2D eigenvalue weighted by atomic mass is 16.1. The number of pyridine rings is 1. The number of fused-ring (bicyclic) bond motifs is 1. The minimum atomic E-state index is -0.313. The zero-order valence-corrected chi connectivity index (χ0v) is 17.3. The smallest absolute Gasteiger partial charge is 0.259 e. The molecule has 3 aromatic heterocycles. The topological polar surface area (TPSA) is 94.2 Å². The molecule has 4 aromatic rings. The number of carbonyl (C=O) groups is 2. The molecule has 5 rings (SSSR count). The van der Waals surface area contributed by atoms with Crippen LogP contribution in [0.4, 0.5) is 5.69 Å². The molecule has 0 saturated heterocycles. The van der Waals surface area contributed by atoms with Gasteiger partial charge in [0.2, 0.25) is 0 Å². The van der Waals surface area contributed by atoms with Crippen molar-refractivity contribution in [1.82, 2.24) is 24.1 Å². The molecule has 31 heavy (non-hydrogen) atoms. The van der Waals surface area contributed by atoms with Gasteiger partial charge < -0.3 is 14.3 Å². The Bertz CT molecular complexity index is 1300. The Kier molecular flexibility index (Phi) is 4.43. The van der Waals surface area contributed by atoms with Gasteiger partial charge in [0.25, 0.3) is 5.91 Å². The van der Waals surface area contributed by atoms with Crippen molar-refractivity contribution in [3.63, 3.8) is 0 Å². The summed E-state index contributed by atoms with van der Waals surface area (Å²) >= 11 is 0. The largest absolute Gasteiger partial charge is 0.322 e. The van der Waals surface area contributed by atoms with Crippen LogP contribution >= 0.6 is 0 Å². The van der Waals surface area contributed by atoms with E-state index in [-0.39, 0.29) is 11.3 Å². The van der Waals surface area contributed by atoms with Gasteiger partial charge in [-0.05, 0) is 42.5 Å². The van der Waals surface area contributed by atoms with Crippen LogP contribution in [0.3, 0.4) is 0 Å². The molecule has 0 radical (unpaired) electrons. The Morgan fingerprint density at radius 2 is 2.13 bits per heavy atom. The van der Waals surface area contributed by atoms with E-state index in [1.165, 1.54) is 0 Å². The first-order chi connectivity index (χ1) is 15.0. The van der Waals surface area contributed by atoms with Crippen molar-refractivity contribution in [3.8, 4) is 0 Å². The number of hydrogen-bond acceptors (Lipinski definition) is 5. The van der Waals surface area contributed by atoms with E-state index in [0.717, 1.165) is 30.5 Å². The molecule has 0 bridgehead atoms. The SMILES string of the molecule is CC1CC(c2cccc(NC(=O)c3cc(C=O)cn4ccnc34)c2)(c2nncn2C)C1. The van der Waals surface area contributed by atoms with Crippen molar-refractivity contribution in [2.75, 3.05) is 5.32 Å². The molecule has 1 aromatic carbocycles. The Labute approximate surface area is 178 Å². The number of aldehydes is 1. The molecule has 1 saturated carbocycles. The van der Waals surface area contributed by atoms with Crippen LogP contribution in [0, 0.1) is 5.92 Å². The Morgan fingerprint density at radius 1 is 1.29 bits per heavy atom. The number of anilines is 1. The summed E-state index contributed by atoms with van der Waals surface area (Å²) in [5, 5.41) is 11.4. The van der Waals surface area contributed by atoms with E-state index in [4.69, 9.17) is 0 Å². The highest BCUT2D eigenvalue weighted by molar-refractivity contribution is 6.09. The average molecular weight is 414 g/mol. The molecule has 8 heteroatoms. The fourth-order valence-electron chi connectivity index (χ4n) is 4.77. The maximum atomic E-state index is 13.1. The summed E-state index contributed by atoms with van der Waals surface area (Å²) in [6.07, 6.45) is 9.36. The molecule has 1 fully saturated rings. The number of aryl methyl sites for hydroxylation is 1. The zero-order valence-electron chi connectivity index (χ0n) is 17.3. The van der Waals surface area contributed by atoms with Gasteiger partial charge >= 0.3 is 0 Å². The Balaban J connectivity index is 1.49. The first-order valence-corrected chi connectivity index (χ1v) is 10.2. The maximum Gasteiger partial charge on any atom is 0.259 e. The number of amides is 1. The highest BCUT2D eigenvalue weighted by Crippen LogP contribution is 2.51. The number of carbonyl (C=O) groups excluding carboxylic acids is 2. The maximum absolute atomic E-state index is 13.1. The molecule has 0 aliphatic heterocycles. The number of nitrogens with zero attached hydrogens (tertiary/aromatic N) is 5. The predicted molar refractivity (Wildman–Crippen MR) is 115 cm³/mol. The van der Waals surface area contributed by atoms with Crippen LogP contribution in [0.2, 0.25) is 0 Å². The molecule has 1 N–H and O–H groups in total.